The molecule has 166 valence electrons. The van der Waals surface area contributed by atoms with E-state index in [4.69, 9.17) is 18.9 Å². The average molecular weight is 433 g/mol. The number of hydrogen-bond acceptors (Lipinski definition) is 5. The predicted octanol–water partition coefficient (Wildman–Crippen LogP) is 5.97. The first-order valence-electron chi connectivity index (χ1n) is 10.3. The Morgan fingerprint density at radius 3 is 1.62 bits per heavy atom. The predicted molar refractivity (Wildman–Crippen MR) is 125 cm³/mol. The van der Waals surface area contributed by atoms with Crippen molar-refractivity contribution in [1.29, 1.82) is 0 Å². The third-order valence-electron chi connectivity index (χ3n) is 5.36. The van der Waals surface area contributed by atoms with E-state index < -0.39 is 12.1 Å². The number of benzene rings is 3. The number of esters is 1. The van der Waals surface area contributed by atoms with Gasteiger partial charge in [-0.2, -0.15) is 0 Å². The summed E-state index contributed by atoms with van der Waals surface area (Å²) < 4.78 is 21.7. The summed E-state index contributed by atoms with van der Waals surface area (Å²) in [7, 11) is 4.84. The van der Waals surface area contributed by atoms with Crippen LogP contribution in [0, 0.1) is 0 Å². The molecule has 2 atom stereocenters. The minimum atomic E-state index is -0.472. The van der Waals surface area contributed by atoms with Crippen LogP contribution in [0.2, 0.25) is 0 Å². The van der Waals surface area contributed by atoms with Gasteiger partial charge in [0.25, 0.3) is 0 Å². The van der Waals surface area contributed by atoms with Crippen LogP contribution in [0.5, 0.6) is 17.2 Å². The van der Waals surface area contributed by atoms with Crippen LogP contribution in [0.4, 0.5) is 0 Å². The van der Waals surface area contributed by atoms with Crippen molar-refractivity contribution in [2.75, 3.05) is 21.3 Å². The Bertz CT molecular complexity index is 1010. The zero-order valence-corrected chi connectivity index (χ0v) is 18.6. The lowest BCUT2D eigenvalue weighted by molar-refractivity contribution is 0.0268. The van der Waals surface area contributed by atoms with E-state index >= 15 is 0 Å². The summed E-state index contributed by atoms with van der Waals surface area (Å²) in [6.45, 7) is 4.00. The molecule has 0 spiro atoms. The molecule has 0 saturated carbocycles. The highest BCUT2D eigenvalue weighted by Gasteiger charge is 2.23. The maximum Gasteiger partial charge on any atom is 0.338 e. The Morgan fingerprint density at radius 2 is 1.19 bits per heavy atom. The van der Waals surface area contributed by atoms with Gasteiger partial charge < -0.3 is 18.9 Å². The highest BCUT2D eigenvalue weighted by molar-refractivity contribution is 5.89. The van der Waals surface area contributed by atoms with Gasteiger partial charge >= 0.3 is 5.97 Å². The van der Waals surface area contributed by atoms with E-state index in [0.29, 0.717) is 17.7 Å². The molecule has 1 unspecified atom stereocenters. The van der Waals surface area contributed by atoms with Gasteiger partial charge in [0.2, 0.25) is 0 Å². The SMILES string of the molecule is C=C[C@@H](CC(OC(=O)c1ccc(OC)cc1)c1ccc(OC)cc1)c1ccc(OC)cc1. The number of carbonyl (C=O) groups excluding carboxylic acids is 1. The number of rotatable bonds is 10. The smallest absolute Gasteiger partial charge is 0.338 e. The van der Waals surface area contributed by atoms with Gasteiger partial charge in [-0.1, -0.05) is 30.3 Å². The average Bonchev–Trinajstić information content (AvgIpc) is 2.86. The third kappa shape index (κ3) is 5.70. The number of allylic oxidation sites excluding steroid dienone is 1. The maximum absolute atomic E-state index is 12.9. The Kier molecular flexibility index (Phi) is 7.92. The van der Waals surface area contributed by atoms with E-state index in [1.807, 2.05) is 54.6 Å². The number of ether oxygens (including phenoxy) is 4. The molecule has 5 heteroatoms. The van der Waals surface area contributed by atoms with Crippen molar-refractivity contribution >= 4 is 5.97 Å². The second kappa shape index (κ2) is 11.0. The molecule has 0 saturated heterocycles. The monoisotopic (exact) mass is 432 g/mol. The van der Waals surface area contributed by atoms with Gasteiger partial charge in [0.05, 0.1) is 26.9 Å². The molecule has 0 aliphatic heterocycles. The fourth-order valence-corrected chi connectivity index (χ4v) is 3.45. The summed E-state index contributed by atoms with van der Waals surface area (Å²) in [4.78, 5) is 12.9. The quantitative estimate of drug-likeness (QED) is 0.292. The normalized spacial score (nSPS) is 12.3. The largest absolute Gasteiger partial charge is 0.497 e. The summed E-state index contributed by atoms with van der Waals surface area (Å²) in [5, 5.41) is 0. The summed E-state index contributed by atoms with van der Waals surface area (Å²) in [5.74, 6) is 1.79. The van der Waals surface area contributed by atoms with Gasteiger partial charge in [-0.05, 0) is 66.1 Å². The summed E-state index contributed by atoms with van der Waals surface area (Å²) >= 11 is 0. The van der Waals surface area contributed by atoms with Gasteiger partial charge in [0.15, 0.2) is 0 Å². The fourth-order valence-electron chi connectivity index (χ4n) is 3.45. The number of hydrogen-bond donors (Lipinski definition) is 0. The zero-order chi connectivity index (χ0) is 22.9. The lowest BCUT2D eigenvalue weighted by Crippen LogP contribution is -2.14. The molecule has 0 aromatic heterocycles. The Balaban J connectivity index is 1.86. The van der Waals surface area contributed by atoms with Crippen LogP contribution in [-0.2, 0) is 4.74 Å². The van der Waals surface area contributed by atoms with Crippen LogP contribution in [-0.4, -0.2) is 27.3 Å². The molecule has 32 heavy (non-hydrogen) atoms. The maximum atomic E-state index is 12.9. The molecule has 0 aliphatic carbocycles. The summed E-state index contributed by atoms with van der Waals surface area (Å²) in [6, 6.07) is 22.3. The van der Waals surface area contributed by atoms with E-state index in [0.717, 1.165) is 22.6 Å². The van der Waals surface area contributed by atoms with Gasteiger partial charge in [-0.15, -0.1) is 6.58 Å². The van der Waals surface area contributed by atoms with Crippen molar-refractivity contribution in [3.8, 4) is 17.2 Å². The van der Waals surface area contributed by atoms with Crippen LogP contribution in [0.25, 0.3) is 0 Å². The lowest BCUT2D eigenvalue weighted by atomic mass is 9.90. The molecule has 0 radical (unpaired) electrons. The van der Waals surface area contributed by atoms with E-state index in [1.54, 1.807) is 45.6 Å². The van der Waals surface area contributed by atoms with E-state index in [9.17, 15) is 4.79 Å². The van der Waals surface area contributed by atoms with Gasteiger partial charge in [0, 0.05) is 5.92 Å². The first-order chi connectivity index (χ1) is 15.6. The van der Waals surface area contributed by atoms with Crippen molar-refractivity contribution in [2.24, 2.45) is 0 Å². The van der Waals surface area contributed by atoms with Crippen LogP contribution in [0.3, 0.4) is 0 Å². The van der Waals surface area contributed by atoms with Crippen molar-refractivity contribution < 1.29 is 23.7 Å². The first kappa shape index (κ1) is 22.9. The molecule has 0 fully saturated rings. The van der Waals surface area contributed by atoms with Gasteiger partial charge in [-0.25, -0.2) is 4.79 Å². The zero-order valence-electron chi connectivity index (χ0n) is 18.6. The van der Waals surface area contributed by atoms with Gasteiger partial charge in [-0.3, -0.25) is 0 Å². The summed E-state index contributed by atoms with van der Waals surface area (Å²) in [6.07, 6.45) is 1.95. The molecular weight excluding hydrogens is 404 g/mol. The molecule has 3 rings (SSSR count). The lowest BCUT2D eigenvalue weighted by Gasteiger charge is -2.23. The van der Waals surface area contributed by atoms with Crippen molar-refractivity contribution in [2.45, 2.75) is 18.4 Å². The Labute approximate surface area is 189 Å². The van der Waals surface area contributed by atoms with Crippen molar-refractivity contribution in [3.63, 3.8) is 0 Å². The molecule has 0 N–H and O–H groups in total. The van der Waals surface area contributed by atoms with Crippen LogP contribution < -0.4 is 14.2 Å². The molecule has 0 amide bonds. The Hall–Kier alpha value is -3.73. The molecular formula is C27H28O5. The van der Waals surface area contributed by atoms with Crippen molar-refractivity contribution in [1.82, 2.24) is 0 Å². The third-order valence-corrected chi connectivity index (χ3v) is 5.36. The fraction of sp³-hybridized carbons (Fsp3) is 0.222. The summed E-state index contributed by atoms with van der Waals surface area (Å²) in [5.41, 5.74) is 2.41. The molecule has 0 heterocycles. The minimum absolute atomic E-state index is 0.0170. The van der Waals surface area contributed by atoms with Crippen LogP contribution >= 0.6 is 0 Å². The Morgan fingerprint density at radius 1 is 0.750 bits per heavy atom. The molecule has 0 aliphatic rings. The minimum Gasteiger partial charge on any atom is -0.497 e. The number of carbonyl (C=O) groups is 1. The molecule has 3 aromatic rings. The molecule has 5 nitrogen and oxygen atoms in total. The number of methoxy groups -OCH3 is 3. The van der Waals surface area contributed by atoms with E-state index in [2.05, 4.69) is 6.58 Å². The van der Waals surface area contributed by atoms with Crippen LogP contribution in [0.15, 0.2) is 85.5 Å². The van der Waals surface area contributed by atoms with Gasteiger partial charge in [0.1, 0.15) is 23.4 Å². The second-order valence-corrected chi connectivity index (χ2v) is 7.25. The first-order valence-corrected chi connectivity index (χ1v) is 10.3. The standard InChI is InChI=1S/C27H28O5/c1-5-19(20-6-12-23(29-2)13-7-20)18-26(21-8-14-24(30-3)15-9-21)32-27(28)22-10-16-25(31-4)17-11-22/h5-17,19,26H,1,18H2,2-4H3/t19-,26?/m0/s1. The molecule has 3 aromatic carbocycles. The topological polar surface area (TPSA) is 54.0 Å². The van der Waals surface area contributed by atoms with Crippen molar-refractivity contribution in [3.05, 3.63) is 102 Å². The highest BCUT2D eigenvalue weighted by Crippen LogP contribution is 2.34. The van der Waals surface area contributed by atoms with E-state index in [-0.39, 0.29) is 5.92 Å². The van der Waals surface area contributed by atoms with E-state index in [1.165, 1.54) is 0 Å². The van der Waals surface area contributed by atoms with Crippen LogP contribution in [0.1, 0.15) is 39.9 Å². The highest BCUT2D eigenvalue weighted by atomic mass is 16.5. The molecule has 0 bridgehead atoms. The second-order valence-electron chi connectivity index (χ2n) is 7.25.